The van der Waals surface area contributed by atoms with Crippen LogP contribution in [0.1, 0.15) is 47.6 Å². The lowest BCUT2D eigenvalue weighted by Gasteiger charge is -2.31. The van der Waals surface area contributed by atoms with Crippen molar-refractivity contribution < 1.29 is 14.3 Å². The van der Waals surface area contributed by atoms with Crippen molar-refractivity contribution in [1.29, 1.82) is 0 Å². The molecular formula is C26H31N3O3. The number of aryl methyl sites for hydroxylation is 2. The van der Waals surface area contributed by atoms with Crippen LogP contribution in [0.25, 0.3) is 0 Å². The van der Waals surface area contributed by atoms with Gasteiger partial charge >= 0.3 is 12.0 Å². The summed E-state index contributed by atoms with van der Waals surface area (Å²) in [6.07, 6.45) is 1.05. The molecule has 2 heterocycles. The summed E-state index contributed by atoms with van der Waals surface area (Å²) in [5.74, 6) is 0.0578. The zero-order valence-corrected chi connectivity index (χ0v) is 19.0. The summed E-state index contributed by atoms with van der Waals surface area (Å²) >= 11 is 0. The van der Waals surface area contributed by atoms with E-state index in [1.54, 1.807) is 6.92 Å². The Hall–Kier alpha value is -3.12. The van der Waals surface area contributed by atoms with Crippen LogP contribution in [0.15, 0.2) is 59.8 Å². The maximum Gasteiger partial charge on any atom is 0.338 e. The van der Waals surface area contributed by atoms with Crippen LogP contribution in [0.3, 0.4) is 0 Å². The van der Waals surface area contributed by atoms with Crippen LogP contribution >= 0.6 is 0 Å². The van der Waals surface area contributed by atoms with E-state index in [1.165, 1.54) is 11.1 Å². The molecule has 0 aliphatic carbocycles. The lowest BCUT2D eigenvalue weighted by Crippen LogP contribution is -2.48. The summed E-state index contributed by atoms with van der Waals surface area (Å²) in [5.41, 5.74) is 5.69. The van der Waals surface area contributed by atoms with Gasteiger partial charge in [-0.15, -0.1) is 0 Å². The van der Waals surface area contributed by atoms with Crippen molar-refractivity contribution in [2.45, 2.75) is 39.2 Å². The van der Waals surface area contributed by atoms with Crippen molar-refractivity contribution in [3.05, 3.63) is 82.1 Å². The number of ether oxygens (including phenoxy) is 1. The Morgan fingerprint density at radius 2 is 1.66 bits per heavy atom. The number of hydrogen-bond donors (Lipinski definition) is 2. The zero-order chi connectivity index (χ0) is 22.7. The molecule has 6 heteroatoms. The molecule has 2 aliphatic rings. The second-order valence-corrected chi connectivity index (χ2v) is 8.69. The number of nitrogens with zero attached hydrogens (tertiary/aromatic N) is 1. The predicted octanol–water partition coefficient (Wildman–Crippen LogP) is 3.96. The fourth-order valence-corrected chi connectivity index (χ4v) is 4.51. The number of likely N-dealkylation sites (tertiary alicyclic amines) is 1. The third kappa shape index (κ3) is 4.86. The maximum atomic E-state index is 13.0. The molecule has 168 valence electrons. The van der Waals surface area contributed by atoms with Crippen LogP contribution in [-0.2, 0) is 9.53 Å². The fourth-order valence-electron chi connectivity index (χ4n) is 4.51. The van der Waals surface area contributed by atoms with E-state index in [0.717, 1.165) is 30.6 Å². The minimum atomic E-state index is -0.533. The molecule has 0 saturated carbocycles. The number of carbonyl (C=O) groups is 2. The van der Waals surface area contributed by atoms with E-state index in [9.17, 15) is 9.59 Å². The van der Waals surface area contributed by atoms with E-state index in [4.69, 9.17) is 4.74 Å². The Morgan fingerprint density at radius 1 is 1.03 bits per heavy atom. The summed E-state index contributed by atoms with van der Waals surface area (Å²) in [6.45, 7) is 8.49. The number of carbonyl (C=O) groups excluding carboxylic acids is 2. The smallest absolute Gasteiger partial charge is 0.338 e. The average Bonchev–Trinajstić information content (AvgIpc) is 3.23. The van der Waals surface area contributed by atoms with Crippen LogP contribution in [-0.4, -0.2) is 43.1 Å². The minimum Gasteiger partial charge on any atom is -0.463 e. The standard InChI is InChI=1S/C26H31N3O3/c1-4-32-25(30)23-22(27-26(31)28-24(23)20-11-7-18(3)8-12-20)16-29-14-13-21(15-29)19-9-5-17(2)6-10-19/h5-12,21,24H,4,13-16H2,1-3H3,(H2,27,28,31)/t21-,24-/m0/s1. The first kappa shape index (κ1) is 22.1. The molecule has 0 unspecified atom stereocenters. The van der Waals surface area contributed by atoms with Crippen LogP contribution in [0.2, 0.25) is 0 Å². The molecule has 0 radical (unpaired) electrons. The average molecular weight is 434 g/mol. The van der Waals surface area contributed by atoms with Gasteiger partial charge in [0, 0.05) is 18.8 Å². The van der Waals surface area contributed by atoms with Crippen molar-refractivity contribution in [2.75, 3.05) is 26.2 Å². The van der Waals surface area contributed by atoms with Crippen LogP contribution in [0.4, 0.5) is 4.79 Å². The Balaban J connectivity index is 1.60. The van der Waals surface area contributed by atoms with Gasteiger partial charge < -0.3 is 15.4 Å². The number of esters is 1. The van der Waals surface area contributed by atoms with Crippen molar-refractivity contribution in [3.63, 3.8) is 0 Å². The maximum absolute atomic E-state index is 13.0. The van der Waals surface area contributed by atoms with Gasteiger partial charge in [-0.25, -0.2) is 9.59 Å². The SMILES string of the molecule is CCOC(=O)C1=C(CN2CC[C@H](c3ccc(C)cc3)C2)NC(=O)N[C@H]1c1ccc(C)cc1. The Labute approximate surface area is 189 Å². The number of benzene rings is 2. The summed E-state index contributed by atoms with van der Waals surface area (Å²) in [5, 5.41) is 5.80. The van der Waals surface area contributed by atoms with E-state index < -0.39 is 12.0 Å². The molecule has 2 atom stereocenters. The van der Waals surface area contributed by atoms with Gasteiger partial charge in [0.15, 0.2) is 0 Å². The van der Waals surface area contributed by atoms with Crippen molar-refractivity contribution in [1.82, 2.24) is 15.5 Å². The van der Waals surface area contributed by atoms with E-state index in [2.05, 4.69) is 46.7 Å². The molecular weight excluding hydrogens is 402 g/mol. The van der Waals surface area contributed by atoms with Crippen molar-refractivity contribution in [3.8, 4) is 0 Å². The quantitative estimate of drug-likeness (QED) is 0.677. The van der Waals surface area contributed by atoms with E-state index in [-0.39, 0.29) is 12.6 Å². The van der Waals surface area contributed by atoms with E-state index in [0.29, 0.717) is 23.7 Å². The van der Waals surface area contributed by atoms with E-state index >= 15 is 0 Å². The first-order valence-electron chi connectivity index (χ1n) is 11.3. The second-order valence-electron chi connectivity index (χ2n) is 8.69. The molecule has 0 bridgehead atoms. The fraction of sp³-hybridized carbons (Fsp3) is 0.385. The topological polar surface area (TPSA) is 70.7 Å². The molecule has 4 rings (SSSR count). The molecule has 2 aromatic carbocycles. The lowest BCUT2D eigenvalue weighted by atomic mass is 9.94. The van der Waals surface area contributed by atoms with Gasteiger partial charge in [-0.2, -0.15) is 0 Å². The predicted molar refractivity (Wildman–Crippen MR) is 124 cm³/mol. The number of urea groups is 1. The highest BCUT2D eigenvalue weighted by Crippen LogP contribution is 2.31. The van der Waals surface area contributed by atoms with E-state index in [1.807, 2.05) is 31.2 Å². The molecule has 1 fully saturated rings. The summed E-state index contributed by atoms with van der Waals surface area (Å²) < 4.78 is 5.38. The van der Waals surface area contributed by atoms with Gasteiger partial charge in [-0.1, -0.05) is 59.7 Å². The van der Waals surface area contributed by atoms with Gasteiger partial charge in [0.1, 0.15) is 0 Å². The van der Waals surface area contributed by atoms with Gasteiger partial charge in [-0.3, -0.25) is 4.90 Å². The number of hydrogen-bond acceptors (Lipinski definition) is 4. The molecule has 2 aliphatic heterocycles. The highest BCUT2D eigenvalue weighted by atomic mass is 16.5. The molecule has 0 spiro atoms. The van der Waals surface area contributed by atoms with Gasteiger partial charge in [-0.05, 0) is 50.8 Å². The number of amides is 2. The third-order valence-electron chi connectivity index (χ3n) is 6.26. The summed E-state index contributed by atoms with van der Waals surface area (Å²) in [7, 11) is 0. The van der Waals surface area contributed by atoms with Crippen molar-refractivity contribution >= 4 is 12.0 Å². The van der Waals surface area contributed by atoms with Crippen LogP contribution in [0.5, 0.6) is 0 Å². The molecule has 1 saturated heterocycles. The Morgan fingerprint density at radius 3 is 2.28 bits per heavy atom. The molecule has 2 amide bonds. The molecule has 32 heavy (non-hydrogen) atoms. The van der Waals surface area contributed by atoms with Gasteiger partial charge in [0.05, 0.1) is 18.2 Å². The molecule has 2 N–H and O–H groups in total. The second kappa shape index (κ2) is 9.57. The summed E-state index contributed by atoms with van der Waals surface area (Å²) in [4.78, 5) is 27.8. The van der Waals surface area contributed by atoms with Gasteiger partial charge in [0.25, 0.3) is 0 Å². The van der Waals surface area contributed by atoms with Crippen LogP contribution < -0.4 is 10.6 Å². The summed E-state index contributed by atoms with van der Waals surface area (Å²) in [6, 6.07) is 15.7. The minimum absolute atomic E-state index is 0.281. The normalized spacial score (nSPS) is 21.3. The Kier molecular flexibility index (Phi) is 6.61. The number of nitrogens with one attached hydrogen (secondary N) is 2. The number of rotatable bonds is 6. The van der Waals surface area contributed by atoms with Crippen LogP contribution in [0, 0.1) is 13.8 Å². The Bertz CT molecular complexity index is 1010. The zero-order valence-electron chi connectivity index (χ0n) is 19.0. The third-order valence-corrected chi connectivity index (χ3v) is 6.26. The highest BCUT2D eigenvalue weighted by Gasteiger charge is 2.35. The van der Waals surface area contributed by atoms with Crippen molar-refractivity contribution in [2.24, 2.45) is 0 Å². The first-order chi connectivity index (χ1) is 15.4. The lowest BCUT2D eigenvalue weighted by molar-refractivity contribution is -0.139. The molecule has 0 aromatic heterocycles. The highest BCUT2D eigenvalue weighted by molar-refractivity contribution is 5.95. The van der Waals surface area contributed by atoms with Gasteiger partial charge in [0.2, 0.25) is 0 Å². The molecule has 6 nitrogen and oxygen atoms in total. The monoisotopic (exact) mass is 433 g/mol. The first-order valence-corrected chi connectivity index (χ1v) is 11.3. The molecule has 2 aromatic rings. The largest absolute Gasteiger partial charge is 0.463 e.